The zero-order chi connectivity index (χ0) is 15.7. The van der Waals surface area contributed by atoms with Gasteiger partial charge < -0.3 is 0 Å². The molecule has 1 aromatic carbocycles. The van der Waals surface area contributed by atoms with Crippen LogP contribution in [0.15, 0.2) is 23.1 Å². The van der Waals surface area contributed by atoms with Crippen molar-refractivity contribution in [1.82, 2.24) is 0 Å². The lowest BCUT2D eigenvalue weighted by atomic mass is 10.1. The minimum Gasteiger partial charge on any atom is -0.298 e. The number of Topliss-reactive ketones (excluding diaryl/α,β-unsaturated/α-hetero) is 1. The van der Waals surface area contributed by atoms with E-state index < -0.39 is 44.5 Å². The van der Waals surface area contributed by atoms with E-state index in [-0.39, 0.29) is 5.56 Å². The molecule has 0 aliphatic rings. The molecule has 0 radical (unpaired) electrons. The first-order chi connectivity index (χ1) is 8.92. The molecule has 0 saturated heterocycles. The summed E-state index contributed by atoms with van der Waals surface area (Å²) in [5.41, 5.74) is -6.28. The van der Waals surface area contributed by atoms with Crippen LogP contribution in [0.2, 0.25) is 0 Å². The van der Waals surface area contributed by atoms with Gasteiger partial charge in [-0.05, 0) is 36.4 Å². The molecule has 0 aliphatic heterocycles. The van der Waals surface area contributed by atoms with Crippen LogP contribution in [0.1, 0.15) is 22.9 Å². The quantitative estimate of drug-likeness (QED) is 0.399. The van der Waals surface area contributed by atoms with Crippen molar-refractivity contribution in [3.8, 4) is 0 Å². The molecule has 0 N–H and O–H groups in total. The highest BCUT2D eigenvalue weighted by Gasteiger charge is 2.39. The maximum Gasteiger partial charge on any atom is 0.446 e. The Hall–Kier alpha value is -0.700. The summed E-state index contributed by atoms with van der Waals surface area (Å²) in [7, 11) is 0. The summed E-state index contributed by atoms with van der Waals surface area (Å²) in [6.07, 6.45) is -4.94. The van der Waals surface area contributed by atoms with Gasteiger partial charge in [-0.25, -0.2) is 0 Å². The molecule has 1 nitrogen and oxygen atoms in total. The fourth-order valence-corrected chi connectivity index (χ4v) is 2.33. The molecule has 20 heavy (non-hydrogen) atoms. The predicted octanol–water partition coefficient (Wildman–Crippen LogP) is 5.34. The fraction of sp³-hybridized carbons (Fsp3) is 0.364. The number of benzene rings is 1. The van der Waals surface area contributed by atoms with Gasteiger partial charge in [-0.1, -0.05) is 22.0 Å². The van der Waals surface area contributed by atoms with Crippen LogP contribution in [0, 0.1) is 0 Å². The molecule has 1 unspecified atom stereocenters. The standard InChI is InChI=1S/C11H7BrF6OS/c1-5(19)9(12)6-2-3-8(20-11(16,17)18)7(4-6)10(13,14)15/h2-4,9H,1H3. The number of carbonyl (C=O) groups excluding carboxylic acids is 1. The number of halogens is 7. The van der Waals surface area contributed by atoms with Crippen molar-refractivity contribution in [3.63, 3.8) is 0 Å². The van der Waals surface area contributed by atoms with Crippen LogP contribution in [0.25, 0.3) is 0 Å². The second kappa shape index (κ2) is 5.97. The number of carbonyl (C=O) groups is 1. The number of hydrogen-bond acceptors (Lipinski definition) is 2. The first-order valence-electron chi connectivity index (χ1n) is 5.03. The second-order valence-corrected chi connectivity index (χ2v) is 5.80. The second-order valence-electron chi connectivity index (χ2n) is 3.77. The molecule has 1 atom stereocenters. The van der Waals surface area contributed by atoms with Gasteiger partial charge in [-0.2, -0.15) is 26.3 Å². The van der Waals surface area contributed by atoms with Gasteiger partial charge in [-0.3, -0.25) is 4.79 Å². The summed E-state index contributed by atoms with van der Waals surface area (Å²) in [6, 6.07) is 2.33. The Labute approximate surface area is 122 Å². The Balaban J connectivity index is 3.31. The van der Waals surface area contributed by atoms with Crippen LogP contribution < -0.4 is 0 Å². The van der Waals surface area contributed by atoms with Crippen LogP contribution in [0.4, 0.5) is 26.3 Å². The summed E-state index contributed by atoms with van der Waals surface area (Å²) in [4.78, 5) is 9.17. The Kier molecular flexibility index (Phi) is 5.18. The number of hydrogen-bond donors (Lipinski definition) is 0. The molecular formula is C11H7BrF6OS. The lowest BCUT2D eigenvalue weighted by Gasteiger charge is -2.16. The SMILES string of the molecule is CC(=O)C(Br)c1ccc(SC(F)(F)F)c(C(F)(F)F)c1. The van der Waals surface area contributed by atoms with Crippen molar-refractivity contribution >= 4 is 33.5 Å². The van der Waals surface area contributed by atoms with Crippen LogP contribution in [-0.4, -0.2) is 11.3 Å². The van der Waals surface area contributed by atoms with E-state index in [1.54, 1.807) is 0 Å². The van der Waals surface area contributed by atoms with Gasteiger partial charge in [0.1, 0.15) is 5.78 Å². The Morgan fingerprint density at radius 3 is 2.15 bits per heavy atom. The van der Waals surface area contributed by atoms with E-state index in [1.807, 2.05) is 0 Å². The van der Waals surface area contributed by atoms with Gasteiger partial charge in [0, 0.05) is 4.90 Å². The molecule has 0 heterocycles. The van der Waals surface area contributed by atoms with E-state index in [9.17, 15) is 31.1 Å². The predicted molar refractivity (Wildman–Crippen MR) is 65.7 cm³/mol. The van der Waals surface area contributed by atoms with Gasteiger partial charge in [-0.15, -0.1) is 0 Å². The van der Waals surface area contributed by atoms with Crippen molar-refractivity contribution in [2.24, 2.45) is 0 Å². The van der Waals surface area contributed by atoms with Gasteiger partial charge in [0.05, 0.1) is 10.4 Å². The number of ketones is 1. The summed E-state index contributed by atoms with van der Waals surface area (Å²) in [5, 5.41) is 0. The molecule has 0 bridgehead atoms. The molecule has 1 aromatic rings. The molecule has 9 heteroatoms. The van der Waals surface area contributed by atoms with Gasteiger partial charge in [0.15, 0.2) is 0 Å². The Morgan fingerprint density at radius 2 is 1.75 bits per heavy atom. The Bertz CT molecular complexity index is 511. The summed E-state index contributed by atoms with van der Waals surface area (Å²) in [6.45, 7) is 1.16. The minimum absolute atomic E-state index is 0.0450. The largest absolute Gasteiger partial charge is 0.446 e. The van der Waals surface area contributed by atoms with Gasteiger partial charge >= 0.3 is 11.7 Å². The van der Waals surface area contributed by atoms with Gasteiger partial charge in [0.2, 0.25) is 0 Å². The normalized spacial score (nSPS) is 14.2. The highest BCUT2D eigenvalue weighted by molar-refractivity contribution is 9.09. The molecule has 0 aliphatic carbocycles. The van der Waals surface area contributed by atoms with Crippen LogP contribution in [0.3, 0.4) is 0 Å². The molecule has 0 aromatic heterocycles. The summed E-state index contributed by atoms with van der Waals surface area (Å²) >= 11 is 2.05. The fourth-order valence-electron chi connectivity index (χ4n) is 1.38. The van der Waals surface area contributed by atoms with Crippen molar-refractivity contribution in [2.75, 3.05) is 0 Å². The third-order valence-corrected chi connectivity index (χ3v) is 4.17. The third-order valence-electron chi connectivity index (χ3n) is 2.18. The monoisotopic (exact) mass is 380 g/mol. The molecule has 0 saturated carbocycles. The average molecular weight is 381 g/mol. The number of alkyl halides is 7. The van der Waals surface area contributed by atoms with Gasteiger partial charge in [0.25, 0.3) is 0 Å². The zero-order valence-electron chi connectivity index (χ0n) is 9.77. The van der Waals surface area contributed by atoms with Crippen molar-refractivity contribution < 1.29 is 31.1 Å². The maximum absolute atomic E-state index is 12.8. The molecule has 1 rings (SSSR count). The van der Waals surface area contributed by atoms with Crippen molar-refractivity contribution in [2.45, 2.75) is 28.3 Å². The third kappa shape index (κ3) is 4.69. The lowest BCUT2D eigenvalue weighted by molar-refractivity contribution is -0.140. The van der Waals surface area contributed by atoms with Crippen LogP contribution in [0.5, 0.6) is 0 Å². The topological polar surface area (TPSA) is 17.1 Å². The van der Waals surface area contributed by atoms with E-state index in [1.165, 1.54) is 0 Å². The molecule has 112 valence electrons. The first-order valence-corrected chi connectivity index (χ1v) is 6.76. The van der Waals surface area contributed by atoms with E-state index in [2.05, 4.69) is 15.9 Å². The van der Waals surface area contributed by atoms with E-state index in [4.69, 9.17) is 0 Å². The number of thioether (sulfide) groups is 1. The van der Waals surface area contributed by atoms with Crippen molar-refractivity contribution in [1.29, 1.82) is 0 Å². The number of rotatable bonds is 3. The van der Waals surface area contributed by atoms with E-state index >= 15 is 0 Å². The smallest absolute Gasteiger partial charge is 0.298 e. The van der Waals surface area contributed by atoms with Crippen molar-refractivity contribution in [3.05, 3.63) is 29.3 Å². The summed E-state index contributed by atoms with van der Waals surface area (Å²) < 4.78 is 75.0. The van der Waals surface area contributed by atoms with E-state index in [0.717, 1.165) is 13.0 Å². The highest BCUT2D eigenvalue weighted by Crippen LogP contribution is 2.44. The lowest BCUT2D eigenvalue weighted by Crippen LogP contribution is -2.11. The van der Waals surface area contributed by atoms with Crippen LogP contribution in [-0.2, 0) is 11.0 Å². The zero-order valence-corrected chi connectivity index (χ0v) is 12.2. The summed E-state index contributed by atoms with van der Waals surface area (Å²) in [5.74, 6) is -0.450. The first kappa shape index (κ1) is 17.4. The van der Waals surface area contributed by atoms with E-state index in [0.29, 0.717) is 12.1 Å². The highest BCUT2D eigenvalue weighted by atomic mass is 79.9. The molecular weight excluding hydrogens is 374 g/mol. The maximum atomic E-state index is 12.8. The molecule has 0 fully saturated rings. The molecule has 0 spiro atoms. The van der Waals surface area contributed by atoms with Crippen LogP contribution >= 0.6 is 27.7 Å². The molecule has 0 amide bonds. The minimum atomic E-state index is -4.94. The Morgan fingerprint density at radius 1 is 1.20 bits per heavy atom. The average Bonchev–Trinajstić information content (AvgIpc) is 2.24.